The Bertz CT molecular complexity index is 1310. The van der Waals surface area contributed by atoms with E-state index < -0.39 is 0 Å². The first-order valence-electron chi connectivity index (χ1n) is 8.76. The summed E-state index contributed by atoms with van der Waals surface area (Å²) in [7, 11) is 0. The summed E-state index contributed by atoms with van der Waals surface area (Å²) in [6.45, 7) is 6.25. The average molecular weight is 338 g/mol. The lowest BCUT2D eigenvalue weighted by atomic mass is 10.0. The van der Waals surface area contributed by atoms with Gasteiger partial charge in [-0.25, -0.2) is 4.98 Å². The summed E-state index contributed by atoms with van der Waals surface area (Å²) >= 11 is 0. The molecule has 0 bridgehead atoms. The number of aryl methyl sites for hydroxylation is 3. The summed E-state index contributed by atoms with van der Waals surface area (Å²) in [6, 6.07) is 16.8. The molecule has 126 valence electrons. The molecule has 0 aliphatic heterocycles. The Balaban J connectivity index is 1.72. The van der Waals surface area contributed by atoms with Gasteiger partial charge < -0.3 is 4.42 Å². The molecular formula is C23H18N2O. The number of rotatable bonds is 1. The SMILES string of the molecule is Cc1cnc2ccc(-c3ccc4c(c3)oc3c(C)cc(C)cc34)nc2c1. The summed E-state index contributed by atoms with van der Waals surface area (Å²) in [6.07, 6.45) is 1.87. The highest BCUT2D eigenvalue weighted by atomic mass is 16.3. The second-order valence-electron chi connectivity index (χ2n) is 7.02. The first kappa shape index (κ1) is 15.1. The Morgan fingerprint density at radius 3 is 2.54 bits per heavy atom. The fraction of sp³-hybridized carbons (Fsp3) is 0.130. The zero-order chi connectivity index (χ0) is 17.8. The van der Waals surface area contributed by atoms with Crippen LogP contribution in [0.4, 0.5) is 0 Å². The van der Waals surface area contributed by atoms with Crippen molar-refractivity contribution in [3.05, 3.63) is 71.4 Å². The number of fused-ring (bicyclic) bond motifs is 4. The van der Waals surface area contributed by atoms with Gasteiger partial charge in [0.05, 0.1) is 16.7 Å². The van der Waals surface area contributed by atoms with Crippen LogP contribution in [0.3, 0.4) is 0 Å². The quantitative estimate of drug-likeness (QED) is 0.369. The Kier molecular flexibility index (Phi) is 3.13. The number of nitrogens with zero attached hydrogens (tertiary/aromatic N) is 2. The zero-order valence-corrected chi connectivity index (χ0v) is 15.0. The molecule has 3 heterocycles. The number of hydrogen-bond donors (Lipinski definition) is 0. The highest BCUT2D eigenvalue weighted by Gasteiger charge is 2.11. The molecule has 0 saturated carbocycles. The molecule has 0 unspecified atom stereocenters. The predicted molar refractivity (Wildman–Crippen MR) is 106 cm³/mol. The molecule has 3 nitrogen and oxygen atoms in total. The number of furan rings is 1. The summed E-state index contributed by atoms with van der Waals surface area (Å²) < 4.78 is 6.17. The van der Waals surface area contributed by atoms with E-state index in [1.807, 2.05) is 25.3 Å². The van der Waals surface area contributed by atoms with Crippen LogP contribution in [0.25, 0.3) is 44.2 Å². The Morgan fingerprint density at radius 1 is 0.769 bits per heavy atom. The van der Waals surface area contributed by atoms with E-state index in [0.717, 1.165) is 44.4 Å². The first-order chi connectivity index (χ1) is 12.6. The molecule has 0 amide bonds. The van der Waals surface area contributed by atoms with Crippen molar-refractivity contribution in [1.82, 2.24) is 9.97 Å². The molecule has 0 fully saturated rings. The molecular weight excluding hydrogens is 320 g/mol. The van der Waals surface area contributed by atoms with Crippen LogP contribution in [-0.2, 0) is 0 Å². The van der Waals surface area contributed by atoms with E-state index in [-0.39, 0.29) is 0 Å². The maximum atomic E-state index is 6.17. The van der Waals surface area contributed by atoms with Crippen molar-refractivity contribution in [2.75, 3.05) is 0 Å². The van der Waals surface area contributed by atoms with Crippen molar-refractivity contribution < 1.29 is 4.42 Å². The van der Waals surface area contributed by atoms with Crippen LogP contribution < -0.4 is 0 Å². The highest BCUT2D eigenvalue weighted by molar-refractivity contribution is 6.07. The van der Waals surface area contributed by atoms with Gasteiger partial charge in [0.1, 0.15) is 11.2 Å². The topological polar surface area (TPSA) is 38.9 Å². The van der Waals surface area contributed by atoms with Crippen molar-refractivity contribution in [3.63, 3.8) is 0 Å². The van der Waals surface area contributed by atoms with Crippen LogP contribution in [-0.4, -0.2) is 9.97 Å². The maximum Gasteiger partial charge on any atom is 0.138 e. The van der Waals surface area contributed by atoms with E-state index in [4.69, 9.17) is 9.40 Å². The Morgan fingerprint density at radius 2 is 1.65 bits per heavy atom. The number of benzene rings is 2. The van der Waals surface area contributed by atoms with Gasteiger partial charge in [-0.05, 0) is 73.9 Å². The minimum atomic E-state index is 0.899. The number of aromatic nitrogens is 2. The average Bonchev–Trinajstić information content (AvgIpc) is 2.99. The van der Waals surface area contributed by atoms with Gasteiger partial charge in [-0.1, -0.05) is 12.1 Å². The monoisotopic (exact) mass is 338 g/mol. The van der Waals surface area contributed by atoms with E-state index in [0.29, 0.717) is 0 Å². The lowest BCUT2D eigenvalue weighted by Gasteiger charge is -2.04. The summed E-state index contributed by atoms with van der Waals surface area (Å²) in [4.78, 5) is 9.23. The predicted octanol–water partition coefficient (Wildman–Crippen LogP) is 6.12. The third-order valence-electron chi connectivity index (χ3n) is 4.87. The lowest BCUT2D eigenvalue weighted by molar-refractivity contribution is 0.666. The molecule has 0 saturated heterocycles. The molecule has 0 N–H and O–H groups in total. The smallest absolute Gasteiger partial charge is 0.138 e. The fourth-order valence-electron chi connectivity index (χ4n) is 3.66. The molecule has 0 aliphatic rings. The van der Waals surface area contributed by atoms with E-state index in [9.17, 15) is 0 Å². The van der Waals surface area contributed by atoms with Crippen molar-refractivity contribution in [2.45, 2.75) is 20.8 Å². The number of hydrogen-bond acceptors (Lipinski definition) is 3. The summed E-state index contributed by atoms with van der Waals surface area (Å²) in [5.74, 6) is 0. The van der Waals surface area contributed by atoms with Gasteiger partial charge in [0.25, 0.3) is 0 Å². The van der Waals surface area contributed by atoms with Crippen LogP contribution >= 0.6 is 0 Å². The van der Waals surface area contributed by atoms with Gasteiger partial charge in [0.2, 0.25) is 0 Å². The van der Waals surface area contributed by atoms with Crippen molar-refractivity contribution in [1.29, 1.82) is 0 Å². The van der Waals surface area contributed by atoms with Gasteiger partial charge >= 0.3 is 0 Å². The van der Waals surface area contributed by atoms with E-state index >= 15 is 0 Å². The van der Waals surface area contributed by atoms with Gasteiger partial charge in [-0.15, -0.1) is 0 Å². The standard InChI is InChI=1S/C23H18N2O/c1-13-8-15(3)23-18(9-13)17-5-4-16(11-22(17)26-23)19-6-7-20-21(25-19)10-14(2)12-24-20/h4-12H,1-3H3. The second kappa shape index (κ2) is 5.40. The molecule has 2 aromatic carbocycles. The van der Waals surface area contributed by atoms with Crippen molar-refractivity contribution in [2.24, 2.45) is 0 Å². The Hall–Kier alpha value is -3.20. The van der Waals surface area contributed by atoms with Gasteiger partial charge in [0, 0.05) is 22.5 Å². The number of pyridine rings is 2. The van der Waals surface area contributed by atoms with Crippen LogP contribution in [0, 0.1) is 20.8 Å². The third kappa shape index (κ3) is 2.28. The molecule has 0 spiro atoms. The molecule has 0 atom stereocenters. The van der Waals surface area contributed by atoms with Crippen LogP contribution in [0.2, 0.25) is 0 Å². The second-order valence-corrected chi connectivity index (χ2v) is 7.02. The highest BCUT2D eigenvalue weighted by Crippen LogP contribution is 2.34. The summed E-state index contributed by atoms with van der Waals surface area (Å²) in [5.41, 5.74) is 9.21. The van der Waals surface area contributed by atoms with E-state index in [2.05, 4.69) is 55.2 Å². The van der Waals surface area contributed by atoms with Gasteiger partial charge in [0.15, 0.2) is 0 Å². The van der Waals surface area contributed by atoms with E-state index in [1.165, 1.54) is 16.5 Å². The lowest BCUT2D eigenvalue weighted by Crippen LogP contribution is -1.88. The minimum Gasteiger partial charge on any atom is -0.456 e. The molecule has 3 aromatic heterocycles. The van der Waals surface area contributed by atoms with E-state index in [1.54, 1.807) is 0 Å². The minimum absolute atomic E-state index is 0.899. The molecule has 26 heavy (non-hydrogen) atoms. The molecule has 5 rings (SSSR count). The van der Waals surface area contributed by atoms with Crippen molar-refractivity contribution in [3.8, 4) is 11.3 Å². The normalized spacial score (nSPS) is 11.7. The summed E-state index contributed by atoms with van der Waals surface area (Å²) in [5, 5.41) is 2.32. The molecule has 3 heteroatoms. The van der Waals surface area contributed by atoms with Crippen LogP contribution in [0.1, 0.15) is 16.7 Å². The first-order valence-corrected chi connectivity index (χ1v) is 8.76. The fourth-order valence-corrected chi connectivity index (χ4v) is 3.66. The van der Waals surface area contributed by atoms with Crippen LogP contribution in [0.15, 0.2) is 59.1 Å². The van der Waals surface area contributed by atoms with Gasteiger partial charge in [-0.2, -0.15) is 0 Å². The molecule has 0 radical (unpaired) electrons. The Labute approximate surface area is 151 Å². The zero-order valence-electron chi connectivity index (χ0n) is 15.0. The largest absolute Gasteiger partial charge is 0.456 e. The third-order valence-corrected chi connectivity index (χ3v) is 4.87. The van der Waals surface area contributed by atoms with Crippen LogP contribution in [0.5, 0.6) is 0 Å². The van der Waals surface area contributed by atoms with Crippen molar-refractivity contribution >= 4 is 33.0 Å². The molecule has 5 aromatic rings. The maximum absolute atomic E-state index is 6.17. The molecule has 0 aliphatic carbocycles. The van der Waals surface area contributed by atoms with Gasteiger partial charge in [-0.3, -0.25) is 4.98 Å².